The quantitative estimate of drug-likeness (QED) is 0.821. The molecule has 2 rings (SSSR count). The Kier molecular flexibility index (Phi) is 5.57. The van der Waals surface area contributed by atoms with E-state index in [-0.39, 0.29) is 12.0 Å². The molecule has 0 fully saturated rings. The van der Waals surface area contributed by atoms with E-state index in [2.05, 4.69) is 15.6 Å². The van der Waals surface area contributed by atoms with Gasteiger partial charge in [0.1, 0.15) is 5.75 Å². The lowest BCUT2D eigenvalue weighted by molar-refractivity contribution is -0.136. The highest BCUT2D eigenvalue weighted by atomic mass is 16.5. The van der Waals surface area contributed by atoms with Gasteiger partial charge in [-0.15, -0.1) is 0 Å². The zero-order valence-electron chi connectivity index (χ0n) is 14.1. The van der Waals surface area contributed by atoms with Gasteiger partial charge in [-0.05, 0) is 25.0 Å². The SMILES string of the molecule is COc1cc(NC(=O)C(=O)NC(C)C(C)C)ccc1-c1cnco1. The molecular weight excluding hydrogens is 310 g/mol. The van der Waals surface area contributed by atoms with E-state index in [1.165, 1.54) is 13.5 Å². The first kappa shape index (κ1) is 17.5. The van der Waals surface area contributed by atoms with E-state index in [9.17, 15) is 9.59 Å². The van der Waals surface area contributed by atoms with Gasteiger partial charge in [-0.1, -0.05) is 13.8 Å². The third-order valence-electron chi connectivity index (χ3n) is 3.72. The first-order valence-electron chi connectivity index (χ1n) is 7.61. The molecule has 1 atom stereocenters. The Morgan fingerprint density at radius 3 is 2.54 bits per heavy atom. The van der Waals surface area contributed by atoms with Gasteiger partial charge in [-0.2, -0.15) is 0 Å². The van der Waals surface area contributed by atoms with Crippen molar-refractivity contribution in [3.63, 3.8) is 0 Å². The van der Waals surface area contributed by atoms with E-state index in [0.29, 0.717) is 22.8 Å². The number of carbonyl (C=O) groups excluding carboxylic acids is 2. The van der Waals surface area contributed by atoms with Crippen molar-refractivity contribution in [1.29, 1.82) is 0 Å². The minimum atomic E-state index is -0.725. The molecule has 0 saturated heterocycles. The summed E-state index contributed by atoms with van der Waals surface area (Å²) < 4.78 is 10.6. The monoisotopic (exact) mass is 331 g/mol. The Morgan fingerprint density at radius 2 is 1.96 bits per heavy atom. The zero-order valence-corrected chi connectivity index (χ0v) is 14.1. The summed E-state index contributed by atoms with van der Waals surface area (Å²) in [5.74, 6) is -0.108. The third-order valence-corrected chi connectivity index (χ3v) is 3.72. The molecule has 7 heteroatoms. The molecule has 0 spiro atoms. The molecule has 0 aliphatic heterocycles. The van der Waals surface area contributed by atoms with Crippen LogP contribution in [0.4, 0.5) is 5.69 Å². The molecule has 1 aromatic heterocycles. The first-order chi connectivity index (χ1) is 11.4. The van der Waals surface area contributed by atoms with Crippen LogP contribution in [0.5, 0.6) is 5.75 Å². The Bertz CT molecular complexity index is 711. The zero-order chi connectivity index (χ0) is 17.7. The number of amides is 2. The van der Waals surface area contributed by atoms with Crippen LogP contribution >= 0.6 is 0 Å². The second-order valence-corrected chi connectivity index (χ2v) is 5.74. The largest absolute Gasteiger partial charge is 0.496 e. The van der Waals surface area contributed by atoms with Gasteiger partial charge in [0.2, 0.25) is 0 Å². The number of rotatable bonds is 5. The Balaban J connectivity index is 2.10. The fourth-order valence-corrected chi connectivity index (χ4v) is 1.95. The Hall–Kier alpha value is -2.83. The number of carbonyl (C=O) groups is 2. The lowest BCUT2D eigenvalue weighted by Gasteiger charge is -2.17. The topological polar surface area (TPSA) is 93.5 Å². The average molecular weight is 331 g/mol. The fraction of sp³-hybridized carbons (Fsp3) is 0.353. The van der Waals surface area contributed by atoms with Gasteiger partial charge in [0.15, 0.2) is 12.2 Å². The van der Waals surface area contributed by atoms with Crippen molar-refractivity contribution < 1.29 is 18.7 Å². The van der Waals surface area contributed by atoms with Crippen LogP contribution in [0.3, 0.4) is 0 Å². The number of oxazole rings is 1. The molecule has 1 aromatic carbocycles. The van der Waals surface area contributed by atoms with Crippen LogP contribution in [0.1, 0.15) is 20.8 Å². The summed E-state index contributed by atoms with van der Waals surface area (Å²) in [6.07, 6.45) is 2.89. The number of methoxy groups -OCH3 is 1. The molecule has 2 amide bonds. The van der Waals surface area contributed by atoms with E-state index < -0.39 is 11.8 Å². The molecule has 7 nitrogen and oxygen atoms in total. The van der Waals surface area contributed by atoms with E-state index in [4.69, 9.17) is 9.15 Å². The van der Waals surface area contributed by atoms with Crippen LogP contribution in [0.2, 0.25) is 0 Å². The number of hydrogen-bond donors (Lipinski definition) is 2. The molecule has 0 radical (unpaired) electrons. The fourth-order valence-electron chi connectivity index (χ4n) is 1.95. The van der Waals surface area contributed by atoms with Gasteiger partial charge in [0.05, 0.1) is 18.9 Å². The summed E-state index contributed by atoms with van der Waals surface area (Å²) >= 11 is 0. The summed E-state index contributed by atoms with van der Waals surface area (Å²) in [5.41, 5.74) is 1.15. The standard InChI is InChI=1S/C17H21N3O4/c1-10(2)11(3)19-16(21)17(22)20-12-5-6-13(14(7-12)23-4)15-8-18-9-24-15/h5-11H,1-4H3,(H,19,21)(H,20,22). The van der Waals surface area contributed by atoms with E-state index in [1.54, 1.807) is 24.4 Å². The van der Waals surface area contributed by atoms with Crippen LogP contribution in [0.25, 0.3) is 11.3 Å². The number of nitrogens with zero attached hydrogens (tertiary/aromatic N) is 1. The molecule has 0 saturated carbocycles. The number of hydrogen-bond acceptors (Lipinski definition) is 5. The molecular formula is C17H21N3O4. The first-order valence-corrected chi connectivity index (χ1v) is 7.61. The molecule has 0 bridgehead atoms. The minimum Gasteiger partial charge on any atom is -0.496 e. The van der Waals surface area contributed by atoms with Crippen molar-refractivity contribution >= 4 is 17.5 Å². The summed E-state index contributed by atoms with van der Waals surface area (Å²) in [5, 5.41) is 5.21. The molecule has 1 unspecified atom stereocenters. The van der Waals surface area contributed by atoms with Crippen molar-refractivity contribution in [3.8, 4) is 17.1 Å². The lowest BCUT2D eigenvalue weighted by atomic mass is 10.1. The highest BCUT2D eigenvalue weighted by Gasteiger charge is 2.19. The third kappa shape index (κ3) is 4.13. The highest BCUT2D eigenvalue weighted by Crippen LogP contribution is 2.32. The molecule has 1 heterocycles. The van der Waals surface area contributed by atoms with Crippen molar-refractivity contribution in [3.05, 3.63) is 30.8 Å². The van der Waals surface area contributed by atoms with Crippen LogP contribution in [0, 0.1) is 5.92 Å². The maximum atomic E-state index is 12.0. The Labute approximate surface area is 140 Å². The van der Waals surface area contributed by atoms with E-state index >= 15 is 0 Å². The number of ether oxygens (including phenoxy) is 1. The predicted molar refractivity (Wildman–Crippen MR) is 89.6 cm³/mol. The van der Waals surface area contributed by atoms with Crippen LogP contribution < -0.4 is 15.4 Å². The lowest BCUT2D eigenvalue weighted by Crippen LogP contribution is -2.42. The van der Waals surface area contributed by atoms with Gasteiger partial charge < -0.3 is 19.8 Å². The number of benzene rings is 1. The average Bonchev–Trinajstić information content (AvgIpc) is 3.08. The summed E-state index contributed by atoms with van der Waals surface area (Å²) in [6, 6.07) is 4.92. The normalized spacial score (nSPS) is 11.9. The number of nitrogens with one attached hydrogen (secondary N) is 2. The van der Waals surface area contributed by atoms with E-state index in [0.717, 1.165) is 0 Å². The summed E-state index contributed by atoms with van der Waals surface area (Å²) in [6.45, 7) is 5.79. The van der Waals surface area contributed by atoms with Gasteiger partial charge in [-0.25, -0.2) is 4.98 Å². The van der Waals surface area contributed by atoms with Crippen molar-refractivity contribution in [2.75, 3.05) is 12.4 Å². The molecule has 0 aliphatic carbocycles. The van der Waals surface area contributed by atoms with Crippen LogP contribution in [-0.2, 0) is 9.59 Å². The Morgan fingerprint density at radius 1 is 1.21 bits per heavy atom. The number of aromatic nitrogens is 1. The summed E-state index contributed by atoms with van der Waals surface area (Å²) in [4.78, 5) is 27.7. The summed E-state index contributed by atoms with van der Waals surface area (Å²) in [7, 11) is 1.51. The predicted octanol–water partition coefficient (Wildman–Crippen LogP) is 2.45. The molecule has 2 N–H and O–H groups in total. The number of anilines is 1. The second kappa shape index (κ2) is 7.63. The highest BCUT2D eigenvalue weighted by molar-refractivity contribution is 6.39. The minimum absolute atomic E-state index is 0.0911. The smallest absolute Gasteiger partial charge is 0.313 e. The molecule has 128 valence electrons. The maximum absolute atomic E-state index is 12.0. The van der Waals surface area contributed by atoms with Crippen LogP contribution in [-0.4, -0.2) is 29.9 Å². The van der Waals surface area contributed by atoms with Crippen molar-refractivity contribution in [2.24, 2.45) is 5.92 Å². The van der Waals surface area contributed by atoms with Gasteiger partial charge >= 0.3 is 11.8 Å². The van der Waals surface area contributed by atoms with Gasteiger partial charge in [0.25, 0.3) is 0 Å². The van der Waals surface area contributed by atoms with Crippen molar-refractivity contribution in [2.45, 2.75) is 26.8 Å². The van der Waals surface area contributed by atoms with Crippen LogP contribution in [0.15, 0.2) is 35.2 Å². The van der Waals surface area contributed by atoms with Gasteiger partial charge in [0, 0.05) is 17.8 Å². The van der Waals surface area contributed by atoms with E-state index in [1.807, 2.05) is 20.8 Å². The maximum Gasteiger partial charge on any atom is 0.313 e. The molecule has 24 heavy (non-hydrogen) atoms. The second-order valence-electron chi connectivity index (χ2n) is 5.74. The van der Waals surface area contributed by atoms with Crippen molar-refractivity contribution in [1.82, 2.24) is 10.3 Å². The molecule has 0 aliphatic rings. The molecule has 2 aromatic rings. The van der Waals surface area contributed by atoms with Gasteiger partial charge in [-0.3, -0.25) is 9.59 Å².